The smallest absolute Gasteiger partial charge is 0.269 e. The van der Waals surface area contributed by atoms with Crippen LogP contribution in [-0.4, -0.2) is 20.8 Å². The minimum atomic E-state index is -0.458. The molecular weight excluding hydrogens is 380 g/mol. The molecule has 0 fully saturated rings. The molecule has 0 saturated carbocycles. The molecule has 3 aromatic carbocycles. The first-order valence-corrected chi connectivity index (χ1v) is 9.33. The first-order chi connectivity index (χ1) is 14.6. The Morgan fingerprint density at radius 2 is 1.70 bits per heavy atom. The Morgan fingerprint density at radius 1 is 1.00 bits per heavy atom. The number of hydrogen-bond acceptors (Lipinski definition) is 4. The van der Waals surface area contributed by atoms with E-state index in [0.29, 0.717) is 23.5 Å². The molecule has 2 N–H and O–H groups in total. The van der Waals surface area contributed by atoms with Gasteiger partial charge in [-0.05, 0) is 41.5 Å². The standard InChI is InChI=1S/C23H18N4O3/c28-23(24-15-17-6-2-1-3-7-17)19(14-16-10-12-18(13-11-16)27(29)30)22-25-20-8-4-5-9-21(20)26-22/h1-14H,15H2,(H,24,28)(H,25,26)/b19-14+. The number of nitrogens with zero attached hydrogens (tertiary/aromatic N) is 2. The molecule has 7 heteroatoms. The van der Waals surface area contributed by atoms with E-state index < -0.39 is 4.92 Å². The Kier molecular flexibility index (Phi) is 5.34. The van der Waals surface area contributed by atoms with Crippen molar-refractivity contribution in [3.8, 4) is 0 Å². The number of hydrogen-bond donors (Lipinski definition) is 2. The van der Waals surface area contributed by atoms with Crippen molar-refractivity contribution >= 4 is 34.3 Å². The number of imidazole rings is 1. The van der Waals surface area contributed by atoms with Crippen molar-refractivity contribution in [3.63, 3.8) is 0 Å². The number of fused-ring (bicyclic) bond motifs is 1. The van der Waals surface area contributed by atoms with Crippen molar-refractivity contribution in [2.75, 3.05) is 0 Å². The number of non-ortho nitro benzene ring substituents is 1. The van der Waals surface area contributed by atoms with Gasteiger partial charge in [0.15, 0.2) is 0 Å². The van der Waals surface area contributed by atoms with Crippen LogP contribution in [0.15, 0.2) is 78.9 Å². The number of amides is 1. The Balaban J connectivity index is 1.68. The minimum absolute atomic E-state index is 0.00836. The lowest BCUT2D eigenvalue weighted by Crippen LogP contribution is -2.24. The molecule has 4 rings (SSSR count). The zero-order valence-corrected chi connectivity index (χ0v) is 15.9. The Labute approximate surface area is 172 Å². The van der Waals surface area contributed by atoms with Gasteiger partial charge < -0.3 is 10.3 Å². The molecule has 7 nitrogen and oxygen atoms in total. The molecule has 0 atom stereocenters. The second kappa shape index (κ2) is 8.40. The monoisotopic (exact) mass is 398 g/mol. The van der Waals surface area contributed by atoms with Crippen LogP contribution in [0, 0.1) is 10.1 Å². The fraction of sp³-hybridized carbons (Fsp3) is 0.0435. The summed E-state index contributed by atoms with van der Waals surface area (Å²) in [6.07, 6.45) is 1.67. The lowest BCUT2D eigenvalue weighted by atomic mass is 10.1. The molecular formula is C23H18N4O3. The van der Waals surface area contributed by atoms with E-state index in [-0.39, 0.29) is 11.6 Å². The zero-order valence-electron chi connectivity index (χ0n) is 15.9. The predicted octanol–water partition coefficient (Wildman–Crippen LogP) is 4.33. The maximum Gasteiger partial charge on any atom is 0.269 e. The van der Waals surface area contributed by atoms with E-state index in [2.05, 4.69) is 15.3 Å². The molecule has 0 aliphatic heterocycles. The maximum atomic E-state index is 13.0. The summed E-state index contributed by atoms with van der Waals surface area (Å²) >= 11 is 0. The fourth-order valence-electron chi connectivity index (χ4n) is 3.05. The van der Waals surface area contributed by atoms with E-state index in [0.717, 1.165) is 16.6 Å². The van der Waals surface area contributed by atoms with E-state index in [1.165, 1.54) is 12.1 Å². The van der Waals surface area contributed by atoms with E-state index >= 15 is 0 Å². The summed E-state index contributed by atoms with van der Waals surface area (Å²) in [7, 11) is 0. The number of H-pyrrole nitrogens is 1. The summed E-state index contributed by atoms with van der Waals surface area (Å²) < 4.78 is 0. The average molecular weight is 398 g/mol. The number of para-hydroxylation sites is 2. The van der Waals surface area contributed by atoms with E-state index in [1.54, 1.807) is 18.2 Å². The number of benzene rings is 3. The number of nitrogens with one attached hydrogen (secondary N) is 2. The summed E-state index contributed by atoms with van der Waals surface area (Å²) in [6.45, 7) is 0.373. The van der Waals surface area contributed by atoms with Crippen molar-refractivity contribution < 1.29 is 9.72 Å². The summed E-state index contributed by atoms with van der Waals surface area (Å²) in [5.74, 6) is 0.136. The van der Waals surface area contributed by atoms with Crippen LogP contribution in [0.2, 0.25) is 0 Å². The van der Waals surface area contributed by atoms with Gasteiger partial charge in [0.05, 0.1) is 21.5 Å². The van der Waals surface area contributed by atoms with Crippen molar-refractivity contribution in [1.82, 2.24) is 15.3 Å². The van der Waals surface area contributed by atoms with Crippen LogP contribution >= 0.6 is 0 Å². The highest BCUT2D eigenvalue weighted by molar-refractivity contribution is 6.23. The first kappa shape index (κ1) is 19.1. The van der Waals surface area contributed by atoms with Crippen molar-refractivity contribution in [2.45, 2.75) is 6.54 Å². The van der Waals surface area contributed by atoms with Crippen LogP contribution in [-0.2, 0) is 11.3 Å². The van der Waals surface area contributed by atoms with Crippen LogP contribution < -0.4 is 5.32 Å². The summed E-state index contributed by atoms with van der Waals surface area (Å²) in [5, 5.41) is 13.8. The van der Waals surface area contributed by atoms with Gasteiger partial charge in [0.25, 0.3) is 11.6 Å². The molecule has 0 radical (unpaired) electrons. The second-order valence-corrected chi connectivity index (χ2v) is 6.68. The van der Waals surface area contributed by atoms with Crippen molar-refractivity contribution in [1.29, 1.82) is 0 Å². The highest BCUT2D eigenvalue weighted by Crippen LogP contribution is 2.21. The van der Waals surface area contributed by atoms with Crippen LogP contribution in [0.1, 0.15) is 17.0 Å². The van der Waals surface area contributed by atoms with Crippen molar-refractivity contribution in [2.24, 2.45) is 0 Å². The molecule has 1 amide bonds. The van der Waals surface area contributed by atoms with Gasteiger partial charge in [0.1, 0.15) is 5.82 Å². The molecule has 0 spiro atoms. The summed E-state index contributed by atoms with van der Waals surface area (Å²) in [5.41, 5.74) is 3.54. The molecule has 0 aliphatic rings. The van der Waals surface area contributed by atoms with Gasteiger partial charge in [-0.1, -0.05) is 42.5 Å². The molecule has 0 bridgehead atoms. The average Bonchev–Trinajstić information content (AvgIpc) is 3.20. The van der Waals surface area contributed by atoms with Gasteiger partial charge >= 0.3 is 0 Å². The SMILES string of the molecule is O=C(NCc1ccccc1)/C(=C/c1ccc([N+](=O)[O-])cc1)c1nc2ccccc2[nH]1. The van der Waals surface area contributed by atoms with Gasteiger partial charge in [-0.25, -0.2) is 4.98 Å². The molecule has 1 heterocycles. The molecule has 4 aromatic rings. The third-order valence-electron chi connectivity index (χ3n) is 4.60. The van der Waals surface area contributed by atoms with Gasteiger partial charge in [-0.15, -0.1) is 0 Å². The lowest BCUT2D eigenvalue weighted by molar-refractivity contribution is -0.384. The molecule has 30 heavy (non-hydrogen) atoms. The largest absolute Gasteiger partial charge is 0.348 e. The van der Waals surface area contributed by atoms with E-state index in [1.807, 2.05) is 54.6 Å². The quantitative estimate of drug-likeness (QED) is 0.287. The Bertz CT molecular complexity index is 1200. The fourth-order valence-corrected chi connectivity index (χ4v) is 3.05. The van der Waals surface area contributed by atoms with Crippen LogP contribution in [0.5, 0.6) is 0 Å². The van der Waals surface area contributed by atoms with Crippen LogP contribution in [0.4, 0.5) is 5.69 Å². The second-order valence-electron chi connectivity index (χ2n) is 6.68. The molecule has 148 valence electrons. The number of aromatic amines is 1. The molecule has 0 saturated heterocycles. The number of aromatic nitrogens is 2. The van der Waals surface area contributed by atoms with Crippen LogP contribution in [0.3, 0.4) is 0 Å². The highest BCUT2D eigenvalue weighted by atomic mass is 16.6. The van der Waals surface area contributed by atoms with E-state index in [4.69, 9.17) is 0 Å². The third kappa shape index (κ3) is 4.25. The Morgan fingerprint density at radius 3 is 2.40 bits per heavy atom. The summed E-state index contributed by atoms with van der Waals surface area (Å²) in [6, 6.07) is 23.1. The number of carbonyl (C=O) groups is 1. The molecule has 1 aromatic heterocycles. The topological polar surface area (TPSA) is 101 Å². The predicted molar refractivity (Wildman–Crippen MR) is 115 cm³/mol. The normalized spacial score (nSPS) is 11.4. The van der Waals surface area contributed by atoms with Gasteiger partial charge in [0.2, 0.25) is 0 Å². The Hall–Kier alpha value is -4.26. The first-order valence-electron chi connectivity index (χ1n) is 9.33. The van der Waals surface area contributed by atoms with Crippen LogP contribution in [0.25, 0.3) is 22.7 Å². The maximum absolute atomic E-state index is 13.0. The number of rotatable bonds is 6. The third-order valence-corrected chi connectivity index (χ3v) is 4.60. The van der Waals surface area contributed by atoms with Gasteiger partial charge in [0, 0.05) is 18.7 Å². The van der Waals surface area contributed by atoms with Gasteiger partial charge in [-0.2, -0.15) is 0 Å². The number of nitro groups is 1. The number of nitro benzene ring substituents is 1. The highest BCUT2D eigenvalue weighted by Gasteiger charge is 2.16. The minimum Gasteiger partial charge on any atom is -0.348 e. The molecule has 0 unspecified atom stereocenters. The zero-order chi connectivity index (χ0) is 20.9. The lowest BCUT2D eigenvalue weighted by Gasteiger charge is -2.08. The van der Waals surface area contributed by atoms with E-state index in [9.17, 15) is 14.9 Å². The summed E-state index contributed by atoms with van der Waals surface area (Å²) in [4.78, 5) is 31.2. The van der Waals surface area contributed by atoms with Crippen molar-refractivity contribution in [3.05, 3.63) is 106 Å². The molecule has 0 aliphatic carbocycles. The van der Waals surface area contributed by atoms with Gasteiger partial charge in [-0.3, -0.25) is 14.9 Å². The number of carbonyl (C=O) groups excluding carboxylic acids is 1.